The first-order valence-electron chi connectivity index (χ1n) is 5.12. The zero-order valence-electron chi connectivity index (χ0n) is 9.97. The maximum absolute atomic E-state index is 11.5. The molecule has 0 aliphatic rings. The van der Waals surface area contributed by atoms with E-state index in [1.807, 2.05) is 13.8 Å². The van der Waals surface area contributed by atoms with Gasteiger partial charge in [-0.25, -0.2) is 13.1 Å². The van der Waals surface area contributed by atoms with Crippen molar-refractivity contribution in [3.8, 4) is 0 Å². The topological polar surface area (TPSA) is 84.9 Å². The van der Waals surface area contributed by atoms with Crippen LogP contribution in [0.5, 0.6) is 0 Å². The van der Waals surface area contributed by atoms with E-state index >= 15 is 0 Å². The first kappa shape index (κ1) is 15.8. The van der Waals surface area contributed by atoms with Gasteiger partial charge in [-0.15, -0.1) is 0 Å². The van der Waals surface area contributed by atoms with Crippen LogP contribution in [0.4, 0.5) is 0 Å². The fourth-order valence-electron chi connectivity index (χ4n) is 1.03. The highest BCUT2D eigenvalue weighted by Gasteiger charge is 2.17. The molecule has 0 aromatic heterocycles. The Kier molecular flexibility index (Phi) is 7.86. The quantitative estimate of drug-likeness (QED) is 0.571. The third kappa shape index (κ3) is 8.00. The first-order chi connectivity index (χ1) is 7.41. The predicted octanol–water partition coefficient (Wildman–Crippen LogP) is -0.662. The van der Waals surface area contributed by atoms with Gasteiger partial charge in [-0.2, -0.15) is 0 Å². The summed E-state index contributed by atoms with van der Waals surface area (Å²) in [7, 11) is -1.98. The maximum atomic E-state index is 11.5. The molecule has 0 aromatic rings. The van der Waals surface area contributed by atoms with Crippen molar-refractivity contribution in [2.45, 2.75) is 26.0 Å². The van der Waals surface area contributed by atoms with Crippen LogP contribution in [0.1, 0.15) is 13.8 Å². The molecule has 0 spiro atoms. The van der Waals surface area contributed by atoms with Gasteiger partial charge >= 0.3 is 0 Å². The number of ether oxygens (including phenoxy) is 2. The van der Waals surface area contributed by atoms with Crippen LogP contribution in [0.2, 0.25) is 0 Å². The third-order valence-electron chi connectivity index (χ3n) is 1.74. The minimum atomic E-state index is -3.43. The highest BCUT2D eigenvalue weighted by atomic mass is 32.2. The fraction of sp³-hybridized carbons (Fsp3) is 1.00. The number of rotatable bonds is 9. The molecule has 1 atom stereocenters. The fourth-order valence-corrected chi connectivity index (χ4v) is 2.12. The molecule has 0 fully saturated rings. The van der Waals surface area contributed by atoms with E-state index < -0.39 is 16.1 Å². The van der Waals surface area contributed by atoms with Gasteiger partial charge in [0, 0.05) is 7.11 Å². The Labute approximate surface area is 97.0 Å². The van der Waals surface area contributed by atoms with Crippen molar-refractivity contribution in [1.82, 2.24) is 4.72 Å². The van der Waals surface area contributed by atoms with E-state index in [2.05, 4.69) is 4.72 Å². The molecular weight excluding hydrogens is 234 g/mol. The van der Waals surface area contributed by atoms with Crippen LogP contribution in [0, 0.1) is 0 Å². The lowest BCUT2D eigenvalue weighted by Crippen LogP contribution is -2.42. The van der Waals surface area contributed by atoms with E-state index in [9.17, 15) is 8.42 Å². The Morgan fingerprint density at radius 1 is 1.38 bits per heavy atom. The van der Waals surface area contributed by atoms with Crippen LogP contribution in [0.15, 0.2) is 0 Å². The predicted molar refractivity (Wildman–Crippen MR) is 60.8 cm³/mol. The summed E-state index contributed by atoms with van der Waals surface area (Å²) in [5.74, 6) is -0.120. The van der Waals surface area contributed by atoms with Crippen LogP contribution < -0.4 is 4.72 Å². The molecule has 0 saturated heterocycles. The van der Waals surface area contributed by atoms with Crippen LogP contribution in [0.25, 0.3) is 0 Å². The molecule has 0 radical (unpaired) electrons. The summed E-state index contributed by atoms with van der Waals surface area (Å²) >= 11 is 0. The zero-order chi connectivity index (χ0) is 12.6. The molecule has 6 nitrogen and oxygen atoms in total. The van der Waals surface area contributed by atoms with Crippen LogP contribution in [-0.2, 0) is 19.5 Å². The molecule has 2 N–H and O–H groups in total. The number of methoxy groups -OCH3 is 1. The summed E-state index contributed by atoms with van der Waals surface area (Å²) in [6.07, 6.45) is 0.00261. The van der Waals surface area contributed by atoms with Gasteiger partial charge in [0.05, 0.1) is 37.7 Å². The van der Waals surface area contributed by atoms with E-state index in [4.69, 9.17) is 14.6 Å². The molecule has 16 heavy (non-hydrogen) atoms. The Bertz CT molecular complexity index is 265. The summed E-state index contributed by atoms with van der Waals surface area (Å²) in [6, 6.07) is -0.603. The van der Waals surface area contributed by atoms with Crippen LogP contribution in [0.3, 0.4) is 0 Å². The number of aliphatic hydroxyl groups is 1. The third-order valence-corrected chi connectivity index (χ3v) is 3.13. The average Bonchev–Trinajstić information content (AvgIpc) is 2.15. The molecule has 0 rings (SSSR count). The molecule has 0 aliphatic carbocycles. The van der Waals surface area contributed by atoms with Crippen molar-refractivity contribution in [2.24, 2.45) is 0 Å². The van der Waals surface area contributed by atoms with Gasteiger partial charge in [0.25, 0.3) is 0 Å². The molecule has 0 saturated carbocycles. The van der Waals surface area contributed by atoms with Gasteiger partial charge in [-0.1, -0.05) is 0 Å². The average molecular weight is 255 g/mol. The molecule has 98 valence electrons. The lowest BCUT2D eigenvalue weighted by Gasteiger charge is -2.15. The van der Waals surface area contributed by atoms with E-state index in [0.29, 0.717) is 0 Å². The number of hydrogen-bond donors (Lipinski definition) is 2. The van der Waals surface area contributed by atoms with Gasteiger partial charge in [-0.05, 0) is 13.8 Å². The lowest BCUT2D eigenvalue weighted by molar-refractivity contribution is 0.0908. The summed E-state index contributed by atoms with van der Waals surface area (Å²) in [5.41, 5.74) is 0. The molecule has 0 heterocycles. The highest BCUT2D eigenvalue weighted by Crippen LogP contribution is 1.94. The molecule has 0 bridgehead atoms. The molecule has 7 heteroatoms. The minimum Gasteiger partial charge on any atom is -0.395 e. The van der Waals surface area contributed by atoms with Gasteiger partial charge in [0.15, 0.2) is 0 Å². The molecule has 0 amide bonds. The van der Waals surface area contributed by atoms with Gasteiger partial charge in [0.2, 0.25) is 10.0 Å². The summed E-state index contributed by atoms with van der Waals surface area (Å²) in [4.78, 5) is 0. The first-order valence-corrected chi connectivity index (χ1v) is 6.78. The standard InChI is InChI=1S/C9H21NO5S/c1-8(2)15-4-5-16(12,13)10-9(6-11)7-14-3/h8-11H,4-7H2,1-3H3. The Hall–Kier alpha value is -0.210. The maximum Gasteiger partial charge on any atom is 0.214 e. The number of sulfonamides is 1. The molecule has 0 aliphatic heterocycles. The lowest BCUT2D eigenvalue weighted by atomic mass is 10.4. The Morgan fingerprint density at radius 3 is 2.44 bits per heavy atom. The second kappa shape index (κ2) is 7.97. The van der Waals surface area contributed by atoms with Crippen molar-refractivity contribution in [3.63, 3.8) is 0 Å². The highest BCUT2D eigenvalue weighted by molar-refractivity contribution is 7.89. The molecular formula is C9H21NO5S. The normalized spacial score (nSPS) is 14.3. The Morgan fingerprint density at radius 2 is 2.00 bits per heavy atom. The van der Waals surface area contributed by atoms with Gasteiger partial charge in [-0.3, -0.25) is 0 Å². The smallest absolute Gasteiger partial charge is 0.214 e. The van der Waals surface area contributed by atoms with E-state index in [0.717, 1.165) is 0 Å². The monoisotopic (exact) mass is 255 g/mol. The SMILES string of the molecule is COCC(CO)NS(=O)(=O)CCOC(C)C. The van der Waals surface area contributed by atoms with Gasteiger partial charge in [0.1, 0.15) is 0 Å². The largest absolute Gasteiger partial charge is 0.395 e. The Balaban J connectivity index is 4.02. The second-order valence-electron chi connectivity index (χ2n) is 3.69. The minimum absolute atomic E-state index is 0.00261. The van der Waals surface area contributed by atoms with Crippen LogP contribution >= 0.6 is 0 Å². The van der Waals surface area contributed by atoms with Crippen LogP contribution in [-0.4, -0.2) is 58.4 Å². The second-order valence-corrected chi connectivity index (χ2v) is 5.56. The number of aliphatic hydroxyl groups excluding tert-OH is 1. The van der Waals surface area contributed by atoms with E-state index in [1.54, 1.807) is 0 Å². The summed E-state index contributed by atoms with van der Waals surface area (Å²) in [6.45, 7) is 3.65. The van der Waals surface area contributed by atoms with E-state index in [-0.39, 0.29) is 31.7 Å². The van der Waals surface area contributed by atoms with Crippen molar-refractivity contribution in [2.75, 3.05) is 32.7 Å². The molecule has 0 aromatic carbocycles. The van der Waals surface area contributed by atoms with Gasteiger partial charge < -0.3 is 14.6 Å². The van der Waals surface area contributed by atoms with E-state index in [1.165, 1.54) is 7.11 Å². The summed E-state index contributed by atoms with van der Waals surface area (Å²) < 4.78 is 35.2. The van der Waals surface area contributed by atoms with Crippen molar-refractivity contribution in [1.29, 1.82) is 0 Å². The van der Waals surface area contributed by atoms with Crippen molar-refractivity contribution in [3.05, 3.63) is 0 Å². The number of nitrogens with one attached hydrogen (secondary N) is 1. The number of hydrogen-bond acceptors (Lipinski definition) is 5. The van der Waals surface area contributed by atoms with Crippen molar-refractivity contribution < 1.29 is 23.0 Å². The van der Waals surface area contributed by atoms with Crippen molar-refractivity contribution >= 4 is 10.0 Å². The summed E-state index contributed by atoms with van der Waals surface area (Å²) in [5, 5.41) is 8.90. The zero-order valence-corrected chi connectivity index (χ0v) is 10.8. The molecule has 1 unspecified atom stereocenters.